The maximum absolute atomic E-state index is 13.2. The Morgan fingerprint density at radius 2 is 2.09 bits per heavy atom. The van der Waals surface area contributed by atoms with E-state index in [1.165, 1.54) is 12.1 Å². The van der Waals surface area contributed by atoms with Crippen molar-refractivity contribution in [1.29, 1.82) is 5.26 Å². The first-order valence-electron chi connectivity index (χ1n) is 7.33. The van der Waals surface area contributed by atoms with E-state index in [9.17, 15) is 9.18 Å². The number of hydrogen-bond acceptors (Lipinski definition) is 3. The van der Waals surface area contributed by atoms with Crippen molar-refractivity contribution < 1.29 is 9.18 Å². The van der Waals surface area contributed by atoms with Gasteiger partial charge in [0, 0.05) is 25.0 Å². The molecule has 2 aromatic rings. The number of carbonyl (C=O) groups excluding carboxylic acids is 1. The highest BCUT2D eigenvalue weighted by Crippen LogP contribution is 2.29. The topological polar surface area (TPSA) is 69.0 Å². The lowest BCUT2D eigenvalue weighted by molar-refractivity contribution is 0.206. The summed E-state index contributed by atoms with van der Waals surface area (Å²) in [5.41, 5.74) is 1.42. The molecule has 1 aromatic carbocycles. The number of carbonyl (C=O) groups is 1. The Bertz CT molecular complexity index is 753. The molecular formula is C17H15FN4O. The van der Waals surface area contributed by atoms with E-state index in [2.05, 4.69) is 10.3 Å². The first-order valence-corrected chi connectivity index (χ1v) is 7.33. The van der Waals surface area contributed by atoms with Crippen LogP contribution in [0.3, 0.4) is 0 Å². The van der Waals surface area contributed by atoms with Crippen LogP contribution in [0.15, 0.2) is 42.7 Å². The predicted octanol–water partition coefficient (Wildman–Crippen LogP) is 3.29. The molecule has 23 heavy (non-hydrogen) atoms. The molecule has 0 aliphatic heterocycles. The summed E-state index contributed by atoms with van der Waals surface area (Å²) in [6, 6.07) is 9.28. The minimum absolute atomic E-state index is 0.109. The van der Waals surface area contributed by atoms with Gasteiger partial charge in [-0.3, -0.25) is 4.98 Å². The van der Waals surface area contributed by atoms with Crippen molar-refractivity contribution in [2.24, 2.45) is 0 Å². The number of nitriles is 1. The Morgan fingerprint density at radius 3 is 2.74 bits per heavy atom. The van der Waals surface area contributed by atoms with E-state index in [1.807, 2.05) is 18.2 Å². The Kier molecular flexibility index (Phi) is 4.20. The van der Waals surface area contributed by atoms with Crippen molar-refractivity contribution in [2.45, 2.75) is 25.4 Å². The number of anilines is 1. The van der Waals surface area contributed by atoms with E-state index in [1.54, 1.807) is 17.3 Å². The lowest BCUT2D eigenvalue weighted by Gasteiger charge is -2.23. The van der Waals surface area contributed by atoms with Gasteiger partial charge >= 0.3 is 6.03 Å². The van der Waals surface area contributed by atoms with Gasteiger partial charge in [0.1, 0.15) is 11.9 Å². The third kappa shape index (κ3) is 3.64. The van der Waals surface area contributed by atoms with Crippen LogP contribution in [0.4, 0.5) is 14.9 Å². The molecule has 0 unspecified atom stereocenters. The molecule has 1 saturated carbocycles. The van der Waals surface area contributed by atoms with E-state index >= 15 is 0 Å². The summed E-state index contributed by atoms with van der Waals surface area (Å²) in [7, 11) is 0. The fourth-order valence-corrected chi connectivity index (χ4v) is 2.34. The molecule has 2 amide bonds. The Hall–Kier alpha value is -2.94. The maximum atomic E-state index is 13.2. The van der Waals surface area contributed by atoms with Crippen LogP contribution >= 0.6 is 0 Å². The van der Waals surface area contributed by atoms with Gasteiger partial charge in [-0.25, -0.2) is 9.18 Å². The Labute approximate surface area is 133 Å². The molecule has 5 nitrogen and oxygen atoms in total. The molecule has 1 fully saturated rings. The highest BCUT2D eigenvalue weighted by Gasteiger charge is 2.32. The highest BCUT2D eigenvalue weighted by atomic mass is 19.1. The monoisotopic (exact) mass is 310 g/mol. The van der Waals surface area contributed by atoms with Crippen LogP contribution in [0, 0.1) is 17.1 Å². The molecule has 1 heterocycles. The van der Waals surface area contributed by atoms with Crippen molar-refractivity contribution in [3.8, 4) is 6.07 Å². The smallest absolute Gasteiger partial charge is 0.317 e. The van der Waals surface area contributed by atoms with Crippen molar-refractivity contribution in [1.82, 2.24) is 9.88 Å². The lowest BCUT2D eigenvalue weighted by Crippen LogP contribution is -2.36. The number of urea groups is 1. The third-order valence-corrected chi connectivity index (χ3v) is 3.69. The summed E-state index contributed by atoms with van der Waals surface area (Å²) in [6.45, 7) is 0.474. The minimum Gasteiger partial charge on any atom is -0.317 e. The van der Waals surface area contributed by atoms with E-state index in [4.69, 9.17) is 5.26 Å². The summed E-state index contributed by atoms with van der Waals surface area (Å²) in [5.74, 6) is -0.504. The lowest BCUT2D eigenvalue weighted by atomic mass is 10.2. The average molecular weight is 310 g/mol. The second kappa shape index (κ2) is 6.44. The molecule has 1 aromatic heterocycles. The number of halogens is 1. The summed E-state index contributed by atoms with van der Waals surface area (Å²) in [6.07, 6.45) is 5.30. The van der Waals surface area contributed by atoms with Crippen molar-refractivity contribution >= 4 is 11.7 Å². The Morgan fingerprint density at radius 1 is 1.35 bits per heavy atom. The Balaban J connectivity index is 1.76. The van der Waals surface area contributed by atoms with Crippen LogP contribution in [0.25, 0.3) is 0 Å². The van der Waals surface area contributed by atoms with Crippen LogP contribution in [0.2, 0.25) is 0 Å². The molecule has 116 valence electrons. The van der Waals surface area contributed by atoms with E-state index in [0.717, 1.165) is 24.5 Å². The van der Waals surface area contributed by atoms with Gasteiger partial charge in [-0.2, -0.15) is 5.26 Å². The van der Waals surface area contributed by atoms with Gasteiger partial charge in [-0.1, -0.05) is 0 Å². The second-order valence-corrected chi connectivity index (χ2v) is 5.45. The third-order valence-electron chi connectivity index (χ3n) is 3.69. The molecule has 0 radical (unpaired) electrons. The SMILES string of the molecule is N#Cc1cc(F)ccc1NC(=O)N(Cc1ccncc1)C1CC1. The van der Waals surface area contributed by atoms with Crippen molar-refractivity contribution in [3.05, 3.63) is 59.7 Å². The molecule has 0 atom stereocenters. The van der Waals surface area contributed by atoms with Crippen LogP contribution in [-0.2, 0) is 6.54 Å². The number of amides is 2. The molecular weight excluding hydrogens is 295 g/mol. The second-order valence-electron chi connectivity index (χ2n) is 5.45. The first kappa shape index (κ1) is 15.0. The van der Waals surface area contributed by atoms with Crippen LogP contribution in [0.1, 0.15) is 24.0 Å². The summed E-state index contributed by atoms with van der Waals surface area (Å²) in [4.78, 5) is 18.2. The molecule has 0 spiro atoms. The van der Waals surface area contributed by atoms with Gasteiger partial charge in [0.2, 0.25) is 0 Å². The maximum Gasteiger partial charge on any atom is 0.322 e. The molecule has 1 aliphatic carbocycles. The van der Waals surface area contributed by atoms with E-state index < -0.39 is 5.82 Å². The van der Waals surface area contributed by atoms with E-state index in [0.29, 0.717) is 12.2 Å². The largest absolute Gasteiger partial charge is 0.322 e. The normalized spacial score (nSPS) is 13.2. The zero-order valence-electron chi connectivity index (χ0n) is 12.4. The summed E-state index contributed by atoms with van der Waals surface area (Å²) < 4.78 is 13.2. The van der Waals surface area contributed by atoms with Gasteiger partial charge in [0.15, 0.2) is 0 Å². The highest BCUT2D eigenvalue weighted by molar-refractivity contribution is 5.91. The van der Waals surface area contributed by atoms with Gasteiger partial charge in [0.25, 0.3) is 0 Å². The van der Waals surface area contributed by atoms with Gasteiger partial charge < -0.3 is 10.2 Å². The fraction of sp³-hybridized carbons (Fsp3) is 0.235. The molecule has 1 N–H and O–H groups in total. The molecule has 1 aliphatic rings. The molecule has 0 bridgehead atoms. The van der Waals surface area contributed by atoms with Crippen molar-refractivity contribution in [3.63, 3.8) is 0 Å². The molecule has 6 heteroatoms. The van der Waals surface area contributed by atoms with Crippen LogP contribution in [-0.4, -0.2) is 22.0 Å². The van der Waals surface area contributed by atoms with Crippen LogP contribution in [0.5, 0.6) is 0 Å². The fourth-order valence-electron chi connectivity index (χ4n) is 2.34. The van der Waals surface area contributed by atoms with Crippen LogP contribution < -0.4 is 5.32 Å². The summed E-state index contributed by atoms with van der Waals surface area (Å²) >= 11 is 0. The number of aromatic nitrogens is 1. The number of nitrogens with one attached hydrogen (secondary N) is 1. The van der Waals surface area contributed by atoms with Gasteiger partial charge in [-0.05, 0) is 48.7 Å². The number of benzene rings is 1. The zero-order chi connectivity index (χ0) is 16.2. The average Bonchev–Trinajstić information content (AvgIpc) is 3.40. The predicted molar refractivity (Wildman–Crippen MR) is 82.9 cm³/mol. The zero-order valence-corrected chi connectivity index (χ0v) is 12.4. The van der Waals surface area contributed by atoms with E-state index in [-0.39, 0.29) is 17.6 Å². The first-order chi connectivity index (χ1) is 11.2. The number of rotatable bonds is 4. The van der Waals surface area contributed by atoms with Gasteiger partial charge in [-0.15, -0.1) is 0 Å². The minimum atomic E-state index is -0.504. The van der Waals surface area contributed by atoms with Gasteiger partial charge in [0.05, 0.1) is 11.3 Å². The molecule has 3 rings (SSSR count). The number of nitrogens with zero attached hydrogens (tertiary/aromatic N) is 3. The molecule has 0 saturated heterocycles. The summed E-state index contributed by atoms with van der Waals surface area (Å²) in [5, 5.41) is 11.8. The standard InChI is InChI=1S/C17H15FN4O/c18-14-1-4-16(13(9-14)10-19)21-17(23)22(15-2-3-15)11-12-5-7-20-8-6-12/h1,4-9,15H,2-3,11H2,(H,21,23). The number of pyridine rings is 1. The van der Waals surface area contributed by atoms with Crippen molar-refractivity contribution in [2.75, 3.05) is 5.32 Å². The quantitative estimate of drug-likeness (QED) is 0.942. The number of hydrogen-bond donors (Lipinski definition) is 1.